The Kier molecular flexibility index (Phi) is 3.88. The molecule has 3 N–H and O–H groups in total. The summed E-state index contributed by atoms with van der Waals surface area (Å²) in [6.45, 7) is 5.04. The van der Waals surface area contributed by atoms with Crippen molar-refractivity contribution in [2.24, 2.45) is 0 Å². The molecule has 0 unspecified atom stereocenters. The van der Waals surface area contributed by atoms with Crippen molar-refractivity contribution in [2.75, 3.05) is 11.1 Å². The van der Waals surface area contributed by atoms with Crippen LogP contribution in [-0.4, -0.2) is 0 Å². The first-order valence-electron chi connectivity index (χ1n) is 6.37. The molecule has 2 heteroatoms. The zero-order chi connectivity index (χ0) is 13.0. The average Bonchev–Trinajstić information content (AvgIpc) is 2.40. The Morgan fingerprint density at radius 3 is 2.44 bits per heavy atom. The number of benzene rings is 2. The molecule has 2 nitrogen and oxygen atoms in total. The van der Waals surface area contributed by atoms with Crippen molar-refractivity contribution in [3.8, 4) is 0 Å². The van der Waals surface area contributed by atoms with E-state index in [9.17, 15) is 0 Å². The Bertz CT molecular complexity index is 532. The molecule has 0 heterocycles. The molecule has 0 saturated heterocycles. The first-order valence-corrected chi connectivity index (χ1v) is 6.37. The van der Waals surface area contributed by atoms with E-state index in [1.54, 1.807) is 0 Å². The molecule has 0 bridgehead atoms. The minimum atomic E-state index is 0.837. The lowest BCUT2D eigenvalue weighted by atomic mass is 10.1. The van der Waals surface area contributed by atoms with Crippen molar-refractivity contribution in [3.63, 3.8) is 0 Å². The van der Waals surface area contributed by atoms with Gasteiger partial charge in [-0.15, -0.1) is 0 Å². The first kappa shape index (κ1) is 12.5. The third kappa shape index (κ3) is 2.83. The number of anilines is 2. The zero-order valence-electron chi connectivity index (χ0n) is 11.0. The highest BCUT2D eigenvalue weighted by Gasteiger charge is 2.00. The maximum atomic E-state index is 5.91. The second-order valence-electron chi connectivity index (χ2n) is 4.55. The van der Waals surface area contributed by atoms with Crippen LogP contribution in [0.3, 0.4) is 0 Å². The number of aryl methyl sites for hydroxylation is 2. The quantitative estimate of drug-likeness (QED) is 0.799. The van der Waals surface area contributed by atoms with Crippen molar-refractivity contribution in [1.82, 2.24) is 0 Å². The van der Waals surface area contributed by atoms with Gasteiger partial charge in [0.2, 0.25) is 0 Å². The topological polar surface area (TPSA) is 38.0 Å². The number of nitrogens with two attached hydrogens (primary N) is 1. The third-order valence-electron chi connectivity index (χ3n) is 3.26. The van der Waals surface area contributed by atoms with E-state index in [2.05, 4.69) is 42.6 Å². The van der Waals surface area contributed by atoms with E-state index in [0.717, 1.165) is 29.9 Å². The molecular formula is C16H20N2. The second kappa shape index (κ2) is 5.58. The fourth-order valence-corrected chi connectivity index (χ4v) is 2.02. The summed E-state index contributed by atoms with van der Waals surface area (Å²) in [7, 11) is 0. The predicted octanol–water partition coefficient (Wildman–Crippen LogP) is 3.75. The predicted molar refractivity (Wildman–Crippen MR) is 78.7 cm³/mol. The first-order chi connectivity index (χ1) is 8.70. The summed E-state index contributed by atoms with van der Waals surface area (Å²) in [5, 5.41) is 3.42. The monoisotopic (exact) mass is 240 g/mol. The molecule has 0 radical (unpaired) electrons. The van der Waals surface area contributed by atoms with Crippen LogP contribution in [0, 0.1) is 6.92 Å². The summed E-state index contributed by atoms with van der Waals surface area (Å²) in [5.41, 5.74) is 11.7. The minimum Gasteiger partial charge on any atom is -0.398 e. The van der Waals surface area contributed by atoms with Gasteiger partial charge in [-0.1, -0.05) is 37.3 Å². The maximum absolute atomic E-state index is 5.91. The lowest BCUT2D eigenvalue weighted by Crippen LogP contribution is -2.03. The lowest BCUT2D eigenvalue weighted by molar-refractivity contribution is 1.04. The van der Waals surface area contributed by atoms with Crippen LogP contribution in [-0.2, 0) is 13.0 Å². The molecule has 0 aromatic heterocycles. The molecule has 2 aromatic rings. The van der Waals surface area contributed by atoms with Crippen LogP contribution >= 0.6 is 0 Å². The van der Waals surface area contributed by atoms with Crippen LogP contribution in [0.2, 0.25) is 0 Å². The van der Waals surface area contributed by atoms with Gasteiger partial charge in [0.1, 0.15) is 0 Å². The van der Waals surface area contributed by atoms with Crippen molar-refractivity contribution >= 4 is 11.4 Å². The van der Waals surface area contributed by atoms with Gasteiger partial charge in [-0.25, -0.2) is 0 Å². The van der Waals surface area contributed by atoms with E-state index >= 15 is 0 Å². The fraction of sp³-hybridized carbons (Fsp3) is 0.250. The van der Waals surface area contributed by atoms with E-state index in [0.29, 0.717) is 0 Å². The van der Waals surface area contributed by atoms with Gasteiger partial charge in [0.25, 0.3) is 0 Å². The molecule has 0 aliphatic heterocycles. The summed E-state index contributed by atoms with van der Waals surface area (Å²) < 4.78 is 0. The van der Waals surface area contributed by atoms with Crippen LogP contribution in [0.5, 0.6) is 0 Å². The number of hydrogen-bond acceptors (Lipinski definition) is 2. The molecular weight excluding hydrogens is 220 g/mol. The van der Waals surface area contributed by atoms with Crippen molar-refractivity contribution in [3.05, 3.63) is 59.2 Å². The highest BCUT2D eigenvalue weighted by atomic mass is 14.9. The fourth-order valence-electron chi connectivity index (χ4n) is 2.02. The van der Waals surface area contributed by atoms with E-state index in [-0.39, 0.29) is 0 Å². The number of hydrogen-bond donors (Lipinski definition) is 2. The van der Waals surface area contributed by atoms with Crippen LogP contribution in [0.15, 0.2) is 42.5 Å². The highest BCUT2D eigenvalue weighted by molar-refractivity contribution is 5.58. The normalized spacial score (nSPS) is 10.3. The molecule has 0 aliphatic carbocycles. The number of nitrogen functional groups attached to an aromatic ring is 1. The Hall–Kier alpha value is -1.96. The molecule has 0 saturated carbocycles. The van der Waals surface area contributed by atoms with Gasteiger partial charge < -0.3 is 11.1 Å². The average molecular weight is 240 g/mol. The van der Waals surface area contributed by atoms with Crippen LogP contribution in [0.25, 0.3) is 0 Å². The van der Waals surface area contributed by atoms with E-state index < -0.39 is 0 Å². The van der Waals surface area contributed by atoms with E-state index in [1.807, 2.05) is 19.1 Å². The molecule has 0 spiro atoms. The number of nitrogens with one attached hydrogen (secondary N) is 1. The molecule has 94 valence electrons. The molecule has 18 heavy (non-hydrogen) atoms. The Morgan fingerprint density at radius 1 is 1.06 bits per heavy atom. The SMILES string of the molecule is CCc1ccccc1CNc1ccc(C)c(N)c1. The van der Waals surface area contributed by atoms with Crippen molar-refractivity contribution < 1.29 is 0 Å². The molecule has 0 amide bonds. The summed E-state index contributed by atoms with van der Waals surface area (Å²) in [5.74, 6) is 0. The van der Waals surface area contributed by atoms with Gasteiger partial charge in [-0.05, 0) is 42.2 Å². The summed E-state index contributed by atoms with van der Waals surface area (Å²) >= 11 is 0. The summed E-state index contributed by atoms with van der Waals surface area (Å²) in [4.78, 5) is 0. The minimum absolute atomic E-state index is 0.837. The van der Waals surface area contributed by atoms with Gasteiger partial charge in [-0.3, -0.25) is 0 Å². The van der Waals surface area contributed by atoms with Gasteiger partial charge in [0, 0.05) is 17.9 Å². The molecule has 0 aliphatic rings. The van der Waals surface area contributed by atoms with Crippen LogP contribution in [0.1, 0.15) is 23.6 Å². The largest absolute Gasteiger partial charge is 0.398 e. The van der Waals surface area contributed by atoms with Crippen molar-refractivity contribution in [1.29, 1.82) is 0 Å². The van der Waals surface area contributed by atoms with E-state index in [1.165, 1.54) is 11.1 Å². The van der Waals surface area contributed by atoms with E-state index in [4.69, 9.17) is 5.73 Å². The third-order valence-corrected chi connectivity index (χ3v) is 3.26. The lowest BCUT2D eigenvalue weighted by Gasteiger charge is -2.11. The second-order valence-corrected chi connectivity index (χ2v) is 4.55. The summed E-state index contributed by atoms with van der Waals surface area (Å²) in [6, 6.07) is 14.6. The van der Waals surface area contributed by atoms with Crippen LogP contribution < -0.4 is 11.1 Å². The van der Waals surface area contributed by atoms with Crippen molar-refractivity contribution in [2.45, 2.75) is 26.8 Å². The number of rotatable bonds is 4. The molecule has 0 atom stereocenters. The van der Waals surface area contributed by atoms with Gasteiger partial charge in [0.15, 0.2) is 0 Å². The zero-order valence-corrected chi connectivity index (χ0v) is 11.0. The highest BCUT2D eigenvalue weighted by Crippen LogP contribution is 2.18. The van der Waals surface area contributed by atoms with Crippen LogP contribution in [0.4, 0.5) is 11.4 Å². The standard InChI is InChI=1S/C16H20N2/c1-3-13-6-4-5-7-14(13)11-18-15-9-8-12(2)16(17)10-15/h4-10,18H,3,11,17H2,1-2H3. The molecule has 0 fully saturated rings. The molecule has 2 aromatic carbocycles. The smallest absolute Gasteiger partial charge is 0.0403 e. The Morgan fingerprint density at radius 2 is 1.78 bits per heavy atom. The molecule has 2 rings (SSSR count). The van der Waals surface area contributed by atoms with Gasteiger partial charge in [-0.2, -0.15) is 0 Å². The van der Waals surface area contributed by atoms with Gasteiger partial charge in [0.05, 0.1) is 0 Å². The Balaban J connectivity index is 2.09. The maximum Gasteiger partial charge on any atom is 0.0403 e. The Labute approximate surface area is 109 Å². The summed E-state index contributed by atoms with van der Waals surface area (Å²) in [6.07, 6.45) is 1.06. The van der Waals surface area contributed by atoms with Gasteiger partial charge >= 0.3 is 0 Å².